The minimum atomic E-state index is -0.250. The quantitative estimate of drug-likeness (QED) is 0.939. The Morgan fingerprint density at radius 1 is 1.19 bits per heavy atom. The van der Waals surface area contributed by atoms with Gasteiger partial charge in [-0.05, 0) is 38.7 Å². The van der Waals surface area contributed by atoms with E-state index in [4.69, 9.17) is 10.3 Å². The number of hydrogen-bond acceptors (Lipinski definition) is 4. The van der Waals surface area contributed by atoms with Crippen LogP contribution >= 0.6 is 0 Å². The number of benzene rings is 1. The van der Waals surface area contributed by atoms with Gasteiger partial charge in [-0.2, -0.15) is 4.98 Å². The molecule has 0 amide bonds. The summed E-state index contributed by atoms with van der Waals surface area (Å²) in [6.45, 7) is 4.26. The fourth-order valence-electron chi connectivity index (χ4n) is 3.09. The Labute approximate surface area is 125 Å². The highest BCUT2D eigenvalue weighted by molar-refractivity contribution is 5.30. The van der Waals surface area contributed by atoms with E-state index in [1.807, 2.05) is 18.2 Å². The van der Waals surface area contributed by atoms with Crippen molar-refractivity contribution in [1.29, 1.82) is 0 Å². The van der Waals surface area contributed by atoms with Gasteiger partial charge in [-0.25, -0.2) is 0 Å². The first kappa shape index (κ1) is 14.3. The van der Waals surface area contributed by atoms with Gasteiger partial charge < -0.3 is 10.3 Å². The van der Waals surface area contributed by atoms with E-state index in [2.05, 4.69) is 36.1 Å². The van der Waals surface area contributed by atoms with E-state index in [-0.39, 0.29) is 11.5 Å². The van der Waals surface area contributed by atoms with E-state index in [0.29, 0.717) is 5.92 Å². The second-order valence-electron chi connectivity index (χ2n) is 6.57. The van der Waals surface area contributed by atoms with Crippen LogP contribution in [0.25, 0.3) is 0 Å². The highest BCUT2D eigenvalue weighted by Crippen LogP contribution is 2.34. The second-order valence-corrected chi connectivity index (χ2v) is 6.57. The zero-order chi connectivity index (χ0) is 14.9. The van der Waals surface area contributed by atoms with Gasteiger partial charge in [0.1, 0.15) is 0 Å². The fourth-order valence-corrected chi connectivity index (χ4v) is 3.09. The molecule has 3 rings (SSSR count). The summed E-state index contributed by atoms with van der Waals surface area (Å²) in [6, 6.07) is 10.6. The smallest absolute Gasteiger partial charge is 0.229 e. The van der Waals surface area contributed by atoms with E-state index in [0.717, 1.165) is 37.4 Å². The number of aromatic nitrogens is 2. The average Bonchev–Trinajstić information content (AvgIpc) is 2.99. The fraction of sp³-hybridized carbons (Fsp3) is 0.529. The molecule has 0 bridgehead atoms. The molecule has 0 spiro atoms. The Hall–Kier alpha value is -1.68. The Morgan fingerprint density at radius 2 is 1.95 bits per heavy atom. The maximum atomic E-state index is 6.06. The Bertz CT molecular complexity index is 591. The van der Waals surface area contributed by atoms with Crippen LogP contribution in [0.5, 0.6) is 0 Å². The molecule has 1 aromatic heterocycles. The van der Waals surface area contributed by atoms with Crippen LogP contribution < -0.4 is 5.73 Å². The topological polar surface area (TPSA) is 64.9 Å². The van der Waals surface area contributed by atoms with Crippen LogP contribution in [0.2, 0.25) is 0 Å². The third kappa shape index (κ3) is 2.86. The van der Waals surface area contributed by atoms with Crippen molar-refractivity contribution in [3.8, 4) is 0 Å². The molecule has 1 heterocycles. The van der Waals surface area contributed by atoms with Crippen LogP contribution in [0, 0.1) is 0 Å². The molecule has 21 heavy (non-hydrogen) atoms. The zero-order valence-corrected chi connectivity index (χ0v) is 12.7. The van der Waals surface area contributed by atoms with Crippen LogP contribution in [0.1, 0.15) is 62.7 Å². The van der Waals surface area contributed by atoms with E-state index < -0.39 is 0 Å². The van der Waals surface area contributed by atoms with Crippen LogP contribution in [-0.4, -0.2) is 16.2 Å². The van der Waals surface area contributed by atoms with E-state index in [1.54, 1.807) is 0 Å². The normalized spacial score (nSPS) is 23.2. The van der Waals surface area contributed by atoms with Crippen molar-refractivity contribution >= 4 is 0 Å². The van der Waals surface area contributed by atoms with Crippen LogP contribution in [0.3, 0.4) is 0 Å². The van der Waals surface area contributed by atoms with Crippen molar-refractivity contribution in [1.82, 2.24) is 10.1 Å². The first-order valence-corrected chi connectivity index (χ1v) is 7.72. The predicted octanol–water partition coefficient (Wildman–Crippen LogP) is 3.38. The zero-order valence-electron chi connectivity index (χ0n) is 12.7. The minimum absolute atomic E-state index is 0.250. The molecular weight excluding hydrogens is 262 g/mol. The molecule has 1 aliphatic carbocycles. The lowest BCUT2D eigenvalue weighted by molar-refractivity contribution is 0.296. The van der Waals surface area contributed by atoms with Gasteiger partial charge in [0.2, 0.25) is 5.89 Å². The highest BCUT2D eigenvalue weighted by atomic mass is 16.5. The first-order chi connectivity index (χ1) is 10.1. The summed E-state index contributed by atoms with van der Waals surface area (Å²) in [4.78, 5) is 4.68. The lowest BCUT2D eigenvalue weighted by Crippen LogP contribution is -2.27. The lowest BCUT2D eigenvalue weighted by Gasteiger charge is -2.24. The molecule has 2 unspecified atom stereocenters. The van der Waals surface area contributed by atoms with Crippen molar-refractivity contribution in [2.45, 2.75) is 56.9 Å². The number of nitrogens with two attached hydrogens (primary N) is 1. The molecule has 0 radical (unpaired) electrons. The van der Waals surface area contributed by atoms with Crippen molar-refractivity contribution in [3.05, 3.63) is 47.6 Å². The average molecular weight is 285 g/mol. The molecule has 1 saturated carbocycles. The first-order valence-electron chi connectivity index (χ1n) is 7.72. The summed E-state index contributed by atoms with van der Waals surface area (Å²) in [7, 11) is 0. The van der Waals surface area contributed by atoms with Crippen LogP contribution in [-0.2, 0) is 5.41 Å². The van der Waals surface area contributed by atoms with Crippen LogP contribution in [0.15, 0.2) is 34.9 Å². The summed E-state index contributed by atoms with van der Waals surface area (Å²) in [5, 5.41) is 4.24. The molecular formula is C17H23N3O. The Kier molecular flexibility index (Phi) is 3.81. The summed E-state index contributed by atoms with van der Waals surface area (Å²) in [6.07, 6.45) is 4.30. The molecule has 4 nitrogen and oxygen atoms in total. The lowest BCUT2D eigenvalue weighted by atomic mass is 9.83. The summed E-state index contributed by atoms with van der Waals surface area (Å²) in [5.74, 6) is 1.83. The molecule has 1 aromatic carbocycles. The minimum Gasteiger partial charge on any atom is -0.339 e. The SMILES string of the molecule is CC(C)(c1ccccc1)c1noc(C2CCCC(N)C2)n1. The van der Waals surface area contributed by atoms with Gasteiger partial charge in [0, 0.05) is 12.0 Å². The monoisotopic (exact) mass is 285 g/mol. The number of nitrogens with zero attached hydrogens (tertiary/aromatic N) is 2. The van der Waals surface area contributed by atoms with Gasteiger partial charge in [0.15, 0.2) is 5.82 Å². The van der Waals surface area contributed by atoms with Gasteiger partial charge in [-0.15, -0.1) is 0 Å². The number of rotatable bonds is 3. The van der Waals surface area contributed by atoms with Crippen molar-refractivity contribution in [2.24, 2.45) is 5.73 Å². The Balaban J connectivity index is 1.84. The summed E-state index contributed by atoms with van der Waals surface area (Å²) >= 11 is 0. The van der Waals surface area contributed by atoms with Crippen molar-refractivity contribution in [3.63, 3.8) is 0 Å². The van der Waals surface area contributed by atoms with Gasteiger partial charge in [0.05, 0.1) is 5.41 Å². The molecule has 112 valence electrons. The third-order valence-corrected chi connectivity index (χ3v) is 4.56. The second kappa shape index (κ2) is 5.60. The van der Waals surface area contributed by atoms with Gasteiger partial charge in [-0.3, -0.25) is 0 Å². The third-order valence-electron chi connectivity index (χ3n) is 4.56. The van der Waals surface area contributed by atoms with E-state index in [9.17, 15) is 0 Å². The van der Waals surface area contributed by atoms with E-state index in [1.165, 1.54) is 5.56 Å². The maximum absolute atomic E-state index is 6.06. The Morgan fingerprint density at radius 3 is 2.67 bits per heavy atom. The molecule has 2 N–H and O–H groups in total. The largest absolute Gasteiger partial charge is 0.339 e. The molecule has 2 atom stereocenters. The highest BCUT2D eigenvalue weighted by Gasteiger charge is 2.31. The van der Waals surface area contributed by atoms with Crippen molar-refractivity contribution in [2.75, 3.05) is 0 Å². The van der Waals surface area contributed by atoms with Crippen molar-refractivity contribution < 1.29 is 4.52 Å². The number of hydrogen-bond donors (Lipinski definition) is 1. The summed E-state index contributed by atoms with van der Waals surface area (Å²) < 4.78 is 5.54. The molecule has 1 fully saturated rings. The maximum Gasteiger partial charge on any atom is 0.229 e. The molecule has 0 saturated heterocycles. The molecule has 2 aromatic rings. The van der Waals surface area contributed by atoms with Crippen LogP contribution in [0.4, 0.5) is 0 Å². The standard InChI is InChI=1S/C17H23N3O/c1-17(2,13-8-4-3-5-9-13)16-19-15(21-20-16)12-7-6-10-14(18)11-12/h3-5,8-9,12,14H,6-7,10-11,18H2,1-2H3. The van der Waals surface area contributed by atoms with E-state index >= 15 is 0 Å². The predicted molar refractivity (Wildman–Crippen MR) is 82.1 cm³/mol. The molecule has 4 heteroatoms. The van der Waals surface area contributed by atoms with Gasteiger partial charge >= 0.3 is 0 Å². The molecule has 1 aliphatic rings. The van der Waals surface area contributed by atoms with Gasteiger partial charge in [-0.1, -0.05) is 41.9 Å². The van der Waals surface area contributed by atoms with Gasteiger partial charge in [0.25, 0.3) is 0 Å². The molecule has 0 aliphatic heterocycles. The summed E-state index contributed by atoms with van der Waals surface area (Å²) in [5.41, 5.74) is 7.00.